The number of pyridine rings is 1. The first-order valence-electron chi connectivity index (χ1n) is 9.35. The van der Waals surface area contributed by atoms with Gasteiger partial charge in [-0.15, -0.1) is 10.2 Å². The molecular formula is C21H25ClN4O2S. The Morgan fingerprint density at radius 2 is 1.93 bits per heavy atom. The fourth-order valence-electron chi connectivity index (χ4n) is 3.16. The van der Waals surface area contributed by atoms with Crippen LogP contribution in [-0.2, 0) is 17.0 Å². The average Bonchev–Trinajstić information content (AvgIpc) is 3.11. The van der Waals surface area contributed by atoms with E-state index in [4.69, 9.17) is 21.1 Å². The minimum absolute atomic E-state index is 0.658. The van der Waals surface area contributed by atoms with Crippen LogP contribution in [0.2, 0.25) is 5.02 Å². The maximum Gasteiger partial charge on any atom is 0.191 e. The number of methoxy groups -OCH3 is 2. The number of ether oxygens (including phenoxy) is 2. The van der Waals surface area contributed by atoms with Crippen molar-refractivity contribution in [3.8, 4) is 17.1 Å². The molecule has 0 N–H and O–H groups in total. The van der Waals surface area contributed by atoms with E-state index in [1.165, 1.54) is 0 Å². The van der Waals surface area contributed by atoms with Gasteiger partial charge >= 0.3 is 0 Å². The van der Waals surface area contributed by atoms with Gasteiger partial charge in [0.2, 0.25) is 0 Å². The highest BCUT2D eigenvalue weighted by atomic mass is 35.5. The van der Waals surface area contributed by atoms with E-state index in [2.05, 4.69) is 19.7 Å². The maximum atomic E-state index is 6.41. The number of thioether (sulfide) groups is 1. The molecule has 1 aromatic carbocycles. The zero-order chi connectivity index (χ0) is 20.8. The molecule has 2 heterocycles. The predicted molar refractivity (Wildman–Crippen MR) is 117 cm³/mol. The first-order valence-corrected chi connectivity index (χ1v) is 10.7. The number of benzene rings is 1. The van der Waals surface area contributed by atoms with Gasteiger partial charge < -0.3 is 14.0 Å². The Morgan fingerprint density at radius 3 is 2.66 bits per heavy atom. The van der Waals surface area contributed by atoms with Crippen LogP contribution < -0.4 is 4.74 Å². The van der Waals surface area contributed by atoms with Crippen LogP contribution in [-0.4, -0.2) is 40.6 Å². The molecule has 0 saturated carbocycles. The van der Waals surface area contributed by atoms with Crippen LogP contribution in [0.5, 0.6) is 5.75 Å². The third-order valence-electron chi connectivity index (χ3n) is 4.65. The second-order valence-electron chi connectivity index (χ2n) is 6.62. The summed E-state index contributed by atoms with van der Waals surface area (Å²) in [6.07, 6.45) is 2.70. The summed E-state index contributed by atoms with van der Waals surface area (Å²) in [5.74, 6) is 2.32. The lowest BCUT2D eigenvalue weighted by Gasteiger charge is -2.13. The Kier molecular flexibility index (Phi) is 7.52. The predicted octanol–water partition coefficient (Wildman–Crippen LogP) is 4.95. The van der Waals surface area contributed by atoms with Crippen molar-refractivity contribution in [3.63, 3.8) is 0 Å². The number of halogens is 1. The SMILES string of the molecule is COCCCn1c(SCc2ncc(C)c(OC)c2C)nnc1-c1ccccc1Cl. The maximum absolute atomic E-state index is 6.41. The van der Waals surface area contributed by atoms with Crippen molar-refractivity contribution < 1.29 is 9.47 Å². The summed E-state index contributed by atoms with van der Waals surface area (Å²) in [7, 11) is 3.39. The molecule has 0 atom stereocenters. The van der Waals surface area contributed by atoms with Crippen molar-refractivity contribution in [3.05, 3.63) is 52.3 Å². The van der Waals surface area contributed by atoms with Gasteiger partial charge in [0.25, 0.3) is 0 Å². The summed E-state index contributed by atoms with van der Waals surface area (Å²) < 4.78 is 12.8. The zero-order valence-corrected chi connectivity index (χ0v) is 18.7. The number of aromatic nitrogens is 4. The van der Waals surface area contributed by atoms with E-state index in [0.717, 1.165) is 52.1 Å². The molecule has 3 rings (SSSR count). The van der Waals surface area contributed by atoms with Crippen LogP contribution in [0.1, 0.15) is 23.2 Å². The normalized spacial score (nSPS) is 11.1. The number of rotatable bonds is 9. The third kappa shape index (κ3) is 4.91. The summed E-state index contributed by atoms with van der Waals surface area (Å²) in [6, 6.07) is 7.69. The monoisotopic (exact) mass is 432 g/mol. The van der Waals surface area contributed by atoms with E-state index in [1.807, 2.05) is 44.3 Å². The first kappa shape index (κ1) is 21.6. The van der Waals surface area contributed by atoms with Crippen molar-refractivity contribution in [2.75, 3.05) is 20.8 Å². The van der Waals surface area contributed by atoms with Gasteiger partial charge in [-0.2, -0.15) is 0 Å². The van der Waals surface area contributed by atoms with Crippen molar-refractivity contribution in [1.29, 1.82) is 0 Å². The Balaban J connectivity index is 1.88. The molecule has 0 unspecified atom stereocenters. The van der Waals surface area contributed by atoms with Crippen LogP contribution >= 0.6 is 23.4 Å². The van der Waals surface area contributed by atoms with Gasteiger partial charge in [-0.3, -0.25) is 4.98 Å². The average molecular weight is 433 g/mol. The summed E-state index contributed by atoms with van der Waals surface area (Å²) in [4.78, 5) is 4.59. The molecule has 154 valence electrons. The topological polar surface area (TPSA) is 62.1 Å². The van der Waals surface area contributed by atoms with Crippen LogP contribution in [0.4, 0.5) is 0 Å². The quantitative estimate of drug-likeness (QED) is 0.352. The second kappa shape index (κ2) is 10.1. The summed E-state index contributed by atoms with van der Waals surface area (Å²) in [6.45, 7) is 5.44. The van der Waals surface area contributed by atoms with Crippen molar-refractivity contribution in [2.45, 2.75) is 37.7 Å². The van der Waals surface area contributed by atoms with Gasteiger partial charge in [0, 0.05) is 48.9 Å². The van der Waals surface area contributed by atoms with E-state index >= 15 is 0 Å². The summed E-state index contributed by atoms with van der Waals surface area (Å²) >= 11 is 8.01. The molecule has 0 bridgehead atoms. The van der Waals surface area contributed by atoms with Gasteiger partial charge in [0.05, 0.1) is 17.8 Å². The molecule has 8 heteroatoms. The van der Waals surface area contributed by atoms with E-state index in [-0.39, 0.29) is 0 Å². The molecule has 29 heavy (non-hydrogen) atoms. The smallest absolute Gasteiger partial charge is 0.191 e. The molecule has 0 aliphatic carbocycles. The largest absolute Gasteiger partial charge is 0.496 e. The highest BCUT2D eigenvalue weighted by Crippen LogP contribution is 2.32. The van der Waals surface area contributed by atoms with Crippen molar-refractivity contribution >= 4 is 23.4 Å². The fraction of sp³-hybridized carbons (Fsp3) is 0.381. The minimum Gasteiger partial charge on any atom is -0.496 e. The van der Waals surface area contributed by atoms with Crippen LogP contribution in [0.15, 0.2) is 35.6 Å². The molecule has 0 radical (unpaired) electrons. The Morgan fingerprint density at radius 1 is 1.14 bits per heavy atom. The van der Waals surface area contributed by atoms with Gasteiger partial charge in [0.15, 0.2) is 11.0 Å². The van der Waals surface area contributed by atoms with Crippen molar-refractivity contribution in [2.24, 2.45) is 0 Å². The van der Waals surface area contributed by atoms with E-state index in [0.29, 0.717) is 17.4 Å². The third-order valence-corrected chi connectivity index (χ3v) is 5.96. The lowest BCUT2D eigenvalue weighted by atomic mass is 10.1. The fourth-order valence-corrected chi connectivity index (χ4v) is 4.36. The molecule has 2 aromatic heterocycles. The van der Waals surface area contributed by atoms with Crippen molar-refractivity contribution in [1.82, 2.24) is 19.7 Å². The lowest BCUT2D eigenvalue weighted by molar-refractivity contribution is 0.189. The molecule has 0 amide bonds. The molecular weight excluding hydrogens is 408 g/mol. The first-order chi connectivity index (χ1) is 14.1. The van der Waals surface area contributed by atoms with Gasteiger partial charge in [-0.1, -0.05) is 35.5 Å². The highest BCUT2D eigenvalue weighted by molar-refractivity contribution is 7.98. The Bertz CT molecular complexity index is 977. The van der Waals surface area contributed by atoms with Crippen LogP contribution in [0.25, 0.3) is 11.4 Å². The highest BCUT2D eigenvalue weighted by Gasteiger charge is 2.17. The van der Waals surface area contributed by atoms with Gasteiger partial charge in [-0.05, 0) is 32.4 Å². The molecule has 0 spiro atoms. The minimum atomic E-state index is 0.658. The number of hydrogen-bond donors (Lipinski definition) is 0. The number of nitrogens with zero attached hydrogens (tertiary/aromatic N) is 4. The molecule has 0 aliphatic rings. The van der Waals surface area contributed by atoms with Crippen LogP contribution in [0, 0.1) is 13.8 Å². The Hall–Kier alpha value is -2.09. The number of hydrogen-bond acceptors (Lipinski definition) is 6. The standard InChI is InChI=1S/C21H25ClN4O2S/c1-14-12-23-18(15(2)19(14)28-4)13-29-21-25-24-20(26(21)10-7-11-27-3)16-8-5-6-9-17(16)22/h5-6,8-9,12H,7,10-11,13H2,1-4H3. The van der Waals surface area contributed by atoms with E-state index < -0.39 is 0 Å². The van der Waals surface area contributed by atoms with Crippen LogP contribution in [0.3, 0.4) is 0 Å². The molecule has 0 saturated heterocycles. The molecule has 0 aliphatic heterocycles. The van der Waals surface area contributed by atoms with E-state index in [9.17, 15) is 0 Å². The summed E-state index contributed by atoms with van der Waals surface area (Å²) in [5.41, 5.74) is 3.93. The summed E-state index contributed by atoms with van der Waals surface area (Å²) in [5, 5.41) is 10.4. The Labute approximate surface area is 180 Å². The second-order valence-corrected chi connectivity index (χ2v) is 7.97. The molecule has 3 aromatic rings. The number of aryl methyl sites for hydroxylation is 1. The van der Waals surface area contributed by atoms with Gasteiger partial charge in [0.1, 0.15) is 5.75 Å². The zero-order valence-electron chi connectivity index (χ0n) is 17.1. The molecule has 6 nitrogen and oxygen atoms in total. The van der Waals surface area contributed by atoms with E-state index in [1.54, 1.807) is 26.0 Å². The lowest BCUT2D eigenvalue weighted by Crippen LogP contribution is -2.06. The van der Waals surface area contributed by atoms with Gasteiger partial charge in [-0.25, -0.2) is 0 Å². The molecule has 0 fully saturated rings.